The molecule has 262 valence electrons. The molecule has 2 amide bonds. The number of nitrogens with one attached hydrogen (secondary N) is 4. The van der Waals surface area contributed by atoms with E-state index in [9.17, 15) is 18.0 Å². The van der Waals surface area contributed by atoms with Crippen molar-refractivity contribution in [2.24, 2.45) is 11.3 Å². The van der Waals surface area contributed by atoms with Crippen molar-refractivity contribution in [3.8, 4) is 17.1 Å². The first-order valence-corrected chi connectivity index (χ1v) is 17.6. The number of hydrogen-bond acceptors (Lipinski definition) is 8. The van der Waals surface area contributed by atoms with Gasteiger partial charge in [-0.05, 0) is 78.9 Å². The van der Waals surface area contributed by atoms with Crippen molar-refractivity contribution in [2.45, 2.75) is 25.7 Å². The molecule has 1 heterocycles. The number of nitrogens with zero attached hydrogens (tertiary/aromatic N) is 2. The van der Waals surface area contributed by atoms with Crippen LogP contribution >= 0.6 is 23.2 Å². The number of aromatic amines is 1. The second-order valence-electron chi connectivity index (χ2n) is 12.5. The highest BCUT2D eigenvalue weighted by Crippen LogP contribution is 2.32. The molecule has 4 aromatic carbocycles. The zero-order valence-corrected chi connectivity index (χ0v) is 30.2. The van der Waals surface area contributed by atoms with Crippen LogP contribution in [-0.4, -0.2) is 56.1 Å². The van der Waals surface area contributed by atoms with E-state index in [-0.39, 0.29) is 33.7 Å². The van der Waals surface area contributed by atoms with Gasteiger partial charge in [-0.1, -0.05) is 44.0 Å². The maximum atomic E-state index is 13.2. The van der Waals surface area contributed by atoms with E-state index in [4.69, 9.17) is 33.1 Å². The van der Waals surface area contributed by atoms with Crippen LogP contribution < -0.4 is 25.2 Å². The van der Waals surface area contributed by atoms with Crippen molar-refractivity contribution in [3.05, 3.63) is 94.5 Å². The van der Waals surface area contributed by atoms with Gasteiger partial charge in [-0.15, -0.1) is 0 Å². The number of fused-ring (bicyclic) bond motifs is 1. The molecule has 12 nitrogen and oxygen atoms in total. The second-order valence-corrected chi connectivity index (χ2v) is 15.0. The third kappa shape index (κ3) is 7.97. The topological polar surface area (TPSA) is 166 Å². The van der Waals surface area contributed by atoms with E-state index < -0.39 is 27.3 Å². The van der Waals surface area contributed by atoms with E-state index in [0.717, 1.165) is 16.7 Å². The molecule has 50 heavy (non-hydrogen) atoms. The lowest BCUT2D eigenvalue weighted by atomic mass is 9.80. The smallest absolute Gasteiger partial charge is 0.261 e. The van der Waals surface area contributed by atoms with Gasteiger partial charge in [-0.3, -0.25) is 19.5 Å². The molecule has 0 bridgehead atoms. The number of ether oxygens (including phenoxy) is 1. The quantitative estimate of drug-likeness (QED) is 0.0662. The Morgan fingerprint density at radius 3 is 2.32 bits per heavy atom. The number of anilines is 3. The van der Waals surface area contributed by atoms with Crippen LogP contribution in [0.5, 0.6) is 5.75 Å². The Labute approximate surface area is 299 Å². The molecule has 0 aliphatic heterocycles. The predicted octanol–water partition coefficient (Wildman–Crippen LogP) is 7.20. The summed E-state index contributed by atoms with van der Waals surface area (Å²) in [6.07, 6.45) is 0. The number of carbonyl (C=O) groups is 2. The minimum atomic E-state index is -4.07. The Morgan fingerprint density at radius 1 is 0.960 bits per heavy atom. The lowest BCUT2D eigenvalue weighted by Crippen LogP contribution is -2.41. The Hall–Kier alpha value is -4.82. The number of sulfonamides is 1. The molecule has 0 aliphatic rings. The van der Waals surface area contributed by atoms with Crippen LogP contribution in [0.15, 0.2) is 83.8 Å². The fourth-order valence-electron chi connectivity index (χ4n) is 4.86. The number of aromatic nitrogens is 2. The van der Waals surface area contributed by atoms with Gasteiger partial charge < -0.3 is 19.9 Å². The number of amides is 2. The zero-order chi connectivity index (χ0) is 36.4. The molecule has 0 saturated heterocycles. The number of carbonyl (C=O) groups excluding carboxylic acids is 2. The number of hydroxylamine groups is 1. The number of halogens is 2. The molecule has 15 heteroatoms. The van der Waals surface area contributed by atoms with Crippen LogP contribution in [0.25, 0.3) is 22.4 Å². The molecule has 0 saturated carbocycles. The predicted molar refractivity (Wildman–Crippen MR) is 196 cm³/mol. The van der Waals surface area contributed by atoms with Crippen LogP contribution in [0.2, 0.25) is 10.0 Å². The lowest BCUT2D eigenvalue weighted by Gasteiger charge is -2.29. The van der Waals surface area contributed by atoms with Crippen LogP contribution in [-0.2, 0) is 14.8 Å². The normalized spacial score (nSPS) is 12.3. The Balaban J connectivity index is 1.25. The molecule has 1 atom stereocenters. The van der Waals surface area contributed by atoms with E-state index in [1.807, 2.05) is 44.1 Å². The Kier molecular flexibility index (Phi) is 10.6. The molecule has 1 unspecified atom stereocenters. The molecular formula is C35H36Cl2N6O6S. The van der Waals surface area contributed by atoms with Gasteiger partial charge in [0.1, 0.15) is 11.6 Å². The first kappa shape index (κ1) is 36.5. The molecule has 0 radical (unpaired) electrons. The van der Waals surface area contributed by atoms with Gasteiger partial charge in [0.15, 0.2) is 0 Å². The molecular weight excluding hydrogens is 703 g/mol. The van der Waals surface area contributed by atoms with Gasteiger partial charge in [-0.25, -0.2) is 18.9 Å². The van der Waals surface area contributed by atoms with Gasteiger partial charge in [-0.2, -0.15) is 0 Å². The first-order chi connectivity index (χ1) is 23.6. The zero-order valence-electron chi connectivity index (χ0n) is 27.8. The van der Waals surface area contributed by atoms with Gasteiger partial charge in [0, 0.05) is 42.6 Å². The average molecular weight is 740 g/mol. The van der Waals surface area contributed by atoms with Crippen molar-refractivity contribution in [2.75, 3.05) is 35.6 Å². The highest BCUT2D eigenvalue weighted by molar-refractivity contribution is 7.92. The Morgan fingerprint density at radius 2 is 1.66 bits per heavy atom. The summed E-state index contributed by atoms with van der Waals surface area (Å²) in [5.74, 6) is -0.330. The third-order valence-corrected chi connectivity index (χ3v) is 10.5. The van der Waals surface area contributed by atoms with Gasteiger partial charge in [0.25, 0.3) is 15.9 Å². The van der Waals surface area contributed by atoms with E-state index in [1.54, 1.807) is 49.7 Å². The summed E-state index contributed by atoms with van der Waals surface area (Å²) in [7, 11) is -0.171. The lowest BCUT2D eigenvalue weighted by molar-refractivity contribution is -0.141. The van der Waals surface area contributed by atoms with Crippen molar-refractivity contribution in [3.63, 3.8) is 0 Å². The fraction of sp³-hybridized carbons (Fsp3) is 0.229. The molecule has 0 spiro atoms. The highest BCUT2D eigenvalue weighted by Gasteiger charge is 2.34. The molecule has 5 rings (SSSR count). The summed E-state index contributed by atoms with van der Waals surface area (Å²) in [5, 5.41) is 12.1. The number of imidazole rings is 1. The minimum Gasteiger partial charge on any atom is -0.493 e. The molecule has 0 aliphatic carbocycles. The van der Waals surface area contributed by atoms with E-state index >= 15 is 0 Å². The Bertz CT molecular complexity index is 2170. The summed E-state index contributed by atoms with van der Waals surface area (Å²) >= 11 is 12.9. The average Bonchev–Trinajstić information content (AvgIpc) is 3.51. The number of H-pyrrole nitrogens is 1. The van der Waals surface area contributed by atoms with Crippen molar-refractivity contribution < 1.29 is 28.0 Å². The van der Waals surface area contributed by atoms with Gasteiger partial charge in [0.2, 0.25) is 5.91 Å². The third-order valence-electron chi connectivity index (χ3n) is 8.48. The second kappa shape index (κ2) is 14.6. The summed E-state index contributed by atoms with van der Waals surface area (Å²) in [6, 6.07) is 20.9. The van der Waals surface area contributed by atoms with Gasteiger partial charge in [0.05, 0.1) is 43.6 Å². The summed E-state index contributed by atoms with van der Waals surface area (Å²) in [5.41, 5.74) is 4.73. The van der Waals surface area contributed by atoms with E-state index in [1.165, 1.54) is 30.3 Å². The van der Waals surface area contributed by atoms with Crippen molar-refractivity contribution >= 4 is 73.1 Å². The maximum Gasteiger partial charge on any atom is 0.261 e. The monoisotopic (exact) mass is 738 g/mol. The molecule has 5 aromatic rings. The standard InChI is InChI=1S/C35H36Cl2N6O6S/c1-20(35(2,3)34(45)41-46)19-49-24-10-6-21(7-11-24)42-50(47,48)25-12-13-26(29(37)18-25)33(44)38-22-8-14-28(36)27(16-22)32-39-30-15-9-23(43(4)5)17-31(30)40-32/h6-18,20,42,46H,19H2,1-5H3,(H,38,44)(H,39,40)(H,41,45). The van der Waals surface area contributed by atoms with Crippen molar-refractivity contribution in [1.29, 1.82) is 0 Å². The van der Waals surface area contributed by atoms with E-state index in [0.29, 0.717) is 27.8 Å². The molecule has 1 aromatic heterocycles. The highest BCUT2D eigenvalue weighted by atomic mass is 35.5. The number of hydrogen-bond donors (Lipinski definition) is 5. The van der Waals surface area contributed by atoms with Crippen LogP contribution in [0.3, 0.4) is 0 Å². The number of rotatable bonds is 12. The van der Waals surface area contributed by atoms with Crippen LogP contribution in [0, 0.1) is 11.3 Å². The first-order valence-electron chi connectivity index (χ1n) is 15.4. The molecule has 0 fully saturated rings. The summed E-state index contributed by atoms with van der Waals surface area (Å²) in [4.78, 5) is 34.9. The van der Waals surface area contributed by atoms with Crippen LogP contribution in [0.1, 0.15) is 31.1 Å². The van der Waals surface area contributed by atoms with E-state index in [2.05, 4.69) is 20.0 Å². The SMILES string of the molecule is CC(COc1ccc(NS(=O)(=O)c2ccc(C(=O)Nc3ccc(Cl)c(-c4nc5ccc(N(C)C)cc5[nH]4)c3)c(Cl)c2)cc1)C(C)(C)C(=O)NO. The fourth-order valence-corrected chi connectivity index (χ4v) is 6.49. The largest absolute Gasteiger partial charge is 0.493 e. The van der Waals surface area contributed by atoms with Crippen LogP contribution in [0.4, 0.5) is 17.1 Å². The number of benzene rings is 4. The molecule has 5 N–H and O–H groups in total. The summed E-state index contributed by atoms with van der Waals surface area (Å²) < 4.78 is 34.6. The van der Waals surface area contributed by atoms with Crippen molar-refractivity contribution in [1.82, 2.24) is 15.4 Å². The minimum absolute atomic E-state index is 0.0655. The summed E-state index contributed by atoms with van der Waals surface area (Å²) in [6.45, 7) is 5.38. The van der Waals surface area contributed by atoms with Gasteiger partial charge >= 0.3 is 0 Å². The maximum absolute atomic E-state index is 13.2.